The molecule has 0 atom stereocenters. The number of hydrogen-bond acceptors (Lipinski definition) is 3. The van der Waals surface area contributed by atoms with E-state index in [1.54, 1.807) is 11.0 Å². The van der Waals surface area contributed by atoms with E-state index in [0.717, 1.165) is 37.9 Å². The lowest BCUT2D eigenvalue weighted by Crippen LogP contribution is -2.28. The van der Waals surface area contributed by atoms with Crippen LogP contribution in [0.5, 0.6) is 0 Å². The molecule has 0 radical (unpaired) electrons. The van der Waals surface area contributed by atoms with Crippen LogP contribution in [0.4, 0.5) is 17.1 Å². The molecule has 1 aliphatic rings. The highest BCUT2D eigenvalue weighted by atomic mass is 16.2. The molecular weight excluding hydrogens is 398 g/mol. The number of amides is 2. The minimum atomic E-state index is -0.207. The van der Waals surface area contributed by atoms with Crippen LogP contribution in [-0.4, -0.2) is 24.9 Å². The van der Waals surface area contributed by atoms with Crippen molar-refractivity contribution in [3.8, 4) is 0 Å². The summed E-state index contributed by atoms with van der Waals surface area (Å²) in [6, 6.07) is 23.0. The van der Waals surface area contributed by atoms with E-state index in [9.17, 15) is 9.59 Å². The molecule has 3 aromatic carbocycles. The maximum Gasteiger partial charge on any atom is 0.257 e. The number of para-hydroxylation sites is 3. The Morgan fingerprint density at radius 3 is 2.34 bits per heavy atom. The Kier molecular flexibility index (Phi) is 6.97. The summed E-state index contributed by atoms with van der Waals surface area (Å²) in [6.45, 7) is 4.19. The van der Waals surface area contributed by atoms with Gasteiger partial charge in [0.1, 0.15) is 0 Å². The van der Waals surface area contributed by atoms with Crippen molar-refractivity contribution < 1.29 is 9.59 Å². The Morgan fingerprint density at radius 1 is 0.875 bits per heavy atom. The van der Waals surface area contributed by atoms with Crippen LogP contribution in [0.1, 0.15) is 41.3 Å². The number of hydrogen-bond donors (Lipinski definition) is 2. The fourth-order valence-corrected chi connectivity index (χ4v) is 4.06. The molecular formula is C27H29N3O2. The molecule has 0 bridgehead atoms. The van der Waals surface area contributed by atoms with Gasteiger partial charge < -0.3 is 10.6 Å². The maximum absolute atomic E-state index is 13.5. The number of unbranched alkanes of at least 4 members (excludes halogenated alkanes) is 1. The zero-order valence-corrected chi connectivity index (χ0v) is 18.4. The van der Waals surface area contributed by atoms with Crippen LogP contribution >= 0.6 is 0 Å². The van der Waals surface area contributed by atoms with Crippen molar-refractivity contribution >= 4 is 28.9 Å². The second-order valence-electron chi connectivity index (χ2n) is 8.02. The number of aryl methyl sites for hydroxylation is 1. The van der Waals surface area contributed by atoms with Gasteiger partial charge in [-0.25, -0.2) is 0 Å². The summed E-state index contributed by atoms with van der Waals surface area (Å²) in [6.07, 6.45) is 3.61. The summed E-state index contributed by atoms with van der Waals surface area (Å²) in [5, 5.41) is 6.28. The second-order valence-corrected chi connectivity index (χ2v) is 8.02. The van der Waals surface area contributed by atoms with Crippen molar-refractivity contribution in [3.05, 3.63) is 89.5 Å². The van der Waals surface area contributed by atoms with Gasteiger partial charge in [-0.1, -0.05) is 55.5 Å². The monoisotopic (exact) mass is 427 g/mol. The molecule has 1 aliphatic heterocycles. The molecule has 32 heavy (non-hydrogen) atoms. The third-order valence-electron chi connectivity index (χ3n) is 5.73. The topological polar surface area (TPSA) is 61.4 Å². The number of carbonyl (C=O) groups excluding carboxylic acids is 2. The van der Waals surface area contributed by atoms with Gasteiger partial charge in [0.05, 0.1) is 29.0 Å². The molecule has 4 rings (SSSR count). The summed E-state index contributed by atoms with van der Waals surface area (Å²) in [5.74, 6) is -0.276. The van der Waals surface area contributed by atoms with Gasteiger partial charge >= 0.3 is 0 Å². The minimum absolute atomic E-state index is 0.0696. The standard InChI is InChI=1S/C27H29N3O2/c1-2-28-18-8-7-9-20-14-16-21(17-15-20)19-26(31)30-24-12-5-3-10-22(24)27(32)29-23-11-4-6-13-25(23)30/h3-6,10-17,28H,2,7-9,18-19H2,1H3,(H,29,32). The maximum atomic E-state index is 13.5. The Balaban J connectivity index is 1.52. The van der Waals surface area contributed by atoms with Crippen LogP contribution in [-0.2, 0) is 17.6 Å². The van der Waals surface area contributed by atoms with E-state index in [-0.39, 0.29) is 18.2 Å². The first kappa shape index (κ1) is 21.8. The predicted molar refractivity (Wildman–Crippen MR) is 130 cm³/mol. The van der Waals surface area contributed by atoms with Crippen molar-refractivity contribution in [1.29, 1.82) is 0 Å². The number of nitrogens with zero attached hydrogens (tertiary/aromatic N) is 1. The quantitative estimate of drug-likeness (QED) is 0.492. The Morgan fingerprint density at radius 2 is 1.56 bits per heavy atom. The molecule has 0 saturated heterocycles. The number of fused-ring (bicyclic) bond motifs is 2. The number of anilines is 3. The zero-order chi connectivity index (χ0) is 22.3. The molecule has 0 saturated carbocycles. The molecule has 0 aromatic heterocycles. The van der Waals surface area contributed by atoms with E-state index < -0.39 is 0 Å². The minimum Gasteiger partial charge on any atom is -0.320 e. The number of carbonyl (C=O) groups is 2. The highest BCUT2D eigenvalue weighted by Crippen LogP contribution is 2.38. The van der Waals surface area contributed by atoms with E-state index in [1.807, 2.05) is 54.6 Å². The first-order valence-corrected chi connectivity index (χ1v) is 11.3. The van der Waals surface area contributed by atoms with E-state index in [1.165, 1.54) is 5.56 Å². The molecule has 1 heterocycles. The largest absolute Gasteiger partial charge is 0.320 e. The highest BCUT2D eigenvalue weighted by Gasteiger charge is 2.28. The molecule has 2 N–H and O–H groups in total. The lowest BCUT2D eigenvalue weighted by atomic mass is 10.0. The molecule has 5 heteroatoms. The number of nitrogens with one attached hydrogen (secondary N) is 2. The summed E-state index contributed by atoms with van der Waals surface area (Å²) < 4.78 is 0. The van der Waals surface area contributed by atoms with E-state index >= 15 is 0 Å². The first-order chi connectivity index (χ1) is 15.7. The van der Waals surface area contributed by atoms with Gasteiger partial charge in [0.25, 0.3) is 5.91 Å². The third-order valence-corrected chi connectivity index (χ3v) is 5.73. The predicted octanol–water partition coefficient (Wildman–Crippen LogP) is 5.09. The Bertz CT molecular complexity index is 1090. The summed E-state index contributed by atoms with van der Waals surface area (Å²) in [5.41, 5.74) is 4.67. The summed E-state index contributed by atoms with van der Waals surface area (Å²) in [7, 11) is 0. The third kappa shape index (κ3) is 4.89. The molecule has 3 aromatic rings. The SMILES string of the molecule is CCNCCCCc1ccc(CC(=O)N2c3ccccc3NC(=O)c3ccccc32)cc1. The molecule has 0 unspecified atom stereocenters. The van der Waals surface area contributed by atoms with E-state index in [2.05, 4.69) is 29.7 Å². The smallest absolute Gasteiger partial charge is 0.257 e. The van der Waals surface area contributed by atoms with Gasteiger partial charge in [-0.2, -0.15) is 0 Å². The van der Waals surface area contributed by atoms with E-state index in [4.69, 9.17) is 0 Å². The summed E-state index contributed by atoms with van der Waals surface area (Å²) >= 11 is 0. The highest BCUT2D eigenvalue weighted by molar-refractivity contribution is 6.17. The van der Waals surface area contributed by atoms with Crippen molar-refractivity contribution in [3.63, 3.8) is 0 Å². The molecule has 0 spiro atoms. The number of rotatable bonds is 8. The zero-order valence-electron chi connectivity index (χ0n) is 18.4. The van der Waals surface area contributed by atoms with Gasteiger partial charge in [-0.05, 0) is 67.7 Å². The molecule has 164 valence electrons. The summed E-state index contributed by atoms with van der Waals surface area (Å²) in [4.78, 5) is 27.9. The van der Waals surface area contributed by atoms with Crippen LogP contribution in [0.15, 0.2) is 72.8 Å². The fraction of sp³-hybridized carbons (Fsp3) is 0.259. The van der Waals surface area contributed by atoms with Crippen molar-refractivity contribution in [1.82, 2.24) is 5.32 Å². The van der Waals surface area contributed by atoms with Crippen molar-refractivity contribution in [2.24, 2.45) is 0 Å². The molecule has 0 aliphatic carbocycles. The molecule has 5 nitrogen and oxygen atoms in total. The van der Waals surface area contributed by atoms with Gasteiger partial charge in [0.2, 0.25) is 5.91 Å². The second kappa shape index (κ2) is 10.2. The average molecular weight is 428 g/mol. The van der Waals surface area contributed by atoms with Crippen LogP contribution in [0.3, 0.4) is 0 Å². The lowest BCUT2D eigenvalue weighted by Gasteiger charge is -2.24. The van der Waals surface area contributed by atoms with Crippen molar-refractivity contribution in [2.75, 3.05) is 23.3 Å². The van der Waals surface area contributed by atoms with Crippen LogP contribution in [0.2, 0.25) is 0 Å². The average Bonchev–Trinajstić information content (AvgIpc) is 2.94. The molecule has 0 fully saturated rings. The van der Waals surface area contributed by atoms with Gasteiger partial charge in [-0.15, -0.1) is 0 Å². The van der Waals surface area contributed by atoms with Crippen LogP contribution in [0, 0.1) is 0 Å². The van der Waals surface area contributed by atoms with Crippen LogP contribution in [0.25, 0.3) is 0 Å². The Labute approximate surface area is 189 Å². The Hall–Kier alpha value is -3.44. The van der Waals surface area contributed by atoms with Crippen molar-refractivity contribution in [2.45, 2.75) is 32.6 Å². The van der Waals surface area contributed by atoms with Crippen LogP contribution < -0.4 is 15.5 Å². The van der Waals surface area contributed by atoms with E-state index in [0.29, 0.717) is 22.6 Å². The first-order valence-electron chi connectivity index (χ1n) is 11.3. The normalized spacial score (nSPS) is 12.5. The van der Waals surface area contributed by atoms with Gasteiger partial charge in [0.15, 0.2) is 0 Å². The van der Waals surface area contributed by atoms with Gasteiger partial charge in [0, 0.05) is 0 Å². The molecule has 2 amide bonds. The lowest BCUT2D eigenvalue weighted by molar-refractivity contribution is -0.117. The number of benzene rings is 3. The van der Waals surface area contributed by atoms with Gasteiger partial charge in [-0.3, -0.25) is 14.5 Å². The fourth-order valence-electron chi connectivity index (χ4n) is 4.06.